The average Bonchev–Trinajstić information content (AvgIpc) is 1.61. The van der Waals surface area contributed by atoms with Crippen molar-refractivity contribution in [1.29, 1.82) is 5.26 Å². The Morgan fingerprint density at radius 2 is 0.863 bits per heavy atom. The molecule has 13 rings (SSSR count). The Morgan fingerprint density at radius 3 is 1.12 bits per heavy atom. The van der Waals surface area contributed by atoms with Gasteiger partial charge in [0.15, 0.2) is 16.6 Å². The molecule has 4 aromatic carbocycles. The van der Waals surface area contributed by atoms with Crippen molar-refractivity contribution >= 4 is 189 Å². The van der Waals surface area contributed by atoms with Gasteiger partial charge in [0.25, 0.3) is 12.4 Å². The van der Waals surface area contributed by atoms with Crippen LogP contribution in [0.25, 0.3) is 0 Å². The Kier molecular flexibility index (Phi) is 58.2. The first kappa shape index (κ1) is 121. The number of aldehydes is 1. The minimum Gasteiger partial charge on any atom is -1.00 e. The maximum Gasteiger partial charge on any atom is 1.00 e. The van der Waals surface area contributed by atoms with E-state index in [0.29, 0.717) is 106 Å². The van der Waals surface area contributed by atoms with Gasteiger partial charge in [-0.25, -0.2) is 9.59 Å². The van der Waals surface area contributed by atoms with Crippen molar-refractivity contribution in [1.82, 2.24) is 30.0 Å². The predicted octanol–water partition coefficient (Wildman–Crippen LogP) is 6.52. The molecule has 5 N–H and O–H groups in total. The van der Waals surface area contributed by atoms with E-state index in [1.165, 1.54) is 78.3 Å². The van der Waals surface area contributed by atoms with Crippen molar-refractivity contribution in [3.8, 4) is 6.07 Å². The number of aromatic nitrogens is 2. The summed E-state index contributed by atoms with van der Waals surface area (Å²) in [6.07, 6.45) is 25.6. The monoisotopic (exact) mass is 1910 g/mol. The number of carbonyl (C=O) groups excluding carboxylic acids is 6. The van der Waals surface area contributed by atoms with Gasteiger partial charge in [-0.2, -0.15) is 5.26 Å². The number of ether oxygens (including phenoxy) is 3. The zero-order chi connectivity index (χ0) is 95.6. The van der Waals surface area contributed by atoms with E-state index in [2.05, 4.69) is 81.2 Å². The molecule has 2 aromatic heterocycles. The number of nitrogens with zero attached hydrogens (tertiary/aromatic N) is 9. The van der Waals surface area contributed by atoms with Crippen molar-refractivity contribution in [2.75, 3.05) is 60.6 Å². The molecule has 1 amide bonds. The number of rotatable bonds is 33. The second-order valence-corrected chi connectivity index (χ2v) is 39.1. The fourth-order valence-electron chi connectivity index (χ4n) is 15.1. The Hall–Kier alpha value is -4.44. The second-order valence-electron chi connectivity index (χ2n) is 34.7. The quantitative estimate of drug-likeness (QED) is 0.00750. The van der Waals surface area contributed by atoms with E-state index in [9.17, 15) is 24.0 Å². The number of aliphatic imine (C=N–C) groups is 3. The molecule has 0 bridgehead atoms. The van der Waals surface area contributed by atoms with E-state index >= 15 is 0 Å². The van der Waals surface area contributed by atoms with E-state index in [1.807, 2.05) is 136 Å². The van der Waals surface area contributed by atoms with E-state index in [1.54, 1.807) is 49.1 Å². The van der Waals surface area contributed by atoms with Crippen LogP contribution in [0, 0.1) is 64.6 Å². The molecule has 131 heavy (non-hydrogen) atoms. The first-order chi connectivity index (χ1) is 61.5. The molecule has 4 fully saturated rings. The predicted molar refractivity (Wildman–Crippen MR) is 533 cm³/mol. The molecule has 4 aliphatic carbocycles. The number of nitriles is 1. The number of pyridine rings is 2. The molecule has 7 aliphatic rings. The van der Waals surface area contributed by atoms with Crippen molar-refractivity contribution in [3.63, 3.8) is 0 Å². The number of nitrogens with two attached hydrogens (primary N) is 2. The summed E-state index contributed by atoms with van der Waals surface area (Å²) < 4.78 is 14.8. The van der Waals surface area contributed by atoms with Crippen LogP contribution in [-0.4, -0.2) is 237 Å². The van der Waals surface area contributed by atoms with Gasteiger partial charge in [-0.05, 0) is 251 Å². The summed E-state index contributed by atoms with van der Waals surface area (Å²) >= 11 is 23.8. The van der Waals surface area contributed by atoms with Crippen LogP contribution >= 0.6 is 54.0 Å². The number of halogens is 4. The first-order valence-electron chi connectivity index (χ1n) is 43.8. The maximum absolute atomic E-state index is 13.7. The van der Waals surface area contributed by atoms with E-state index in [0.717, 1.165) is 73.5 Å². The third-order valence-corrected chi connectivity index (χ3v) is 25.2. The first-order valence-corrected chi connectivity index (χ1v) is 46.9. The summed E-state index contributed by atoms with van der Waals surface area (Å²) in [7, 11) is 41.1. The molecule has 3 aliphatic heterocycles. The summed E-state index contributed by atoms with van der Waals surface area (Å²) in [5.74, 6) is 2.83. The number of hydrogen-bond donors (Lipinski definition) is 3. The van der Waals surface area contributed by atoms with Gasteiger partial charge in [0.05, 0.1) is 83.2 Å². The standard InChI is InChI=1S/C25H31ClN4O.2C19H25ClN2O2.C8H13NO2.C7H5ClO.C7H10N2.C4H9N.CH2O3.B11P.2K.H/c1-18(2)15-25(24(31)28-14-11-19-9-12-27-13-10-19)23(21-5-7-22(26)8-6-21)30(17-29-25)16-20-3-4-20;2*1-13(2)10-19(18(23)24-3)17(15-6-8-16(20)9-7-15)22(12-21-19)11-14-4-5-14;1-6(2)4-7(5-9)8(10)11-3;8-7-3-1-6(5-9)2-4-7;8-4-1-7-2-5-9-6-3-7;5-3-4-1-2-4;2-1-4-3;1-8(2)11(7)12(9(3)4)10(5)6;;;/h5-10,12-13,17-18,20,23H,3-4,11,14-16H2,1-2H3,(H,28,31);2*6-9,12-14,17H,4-5,10-11H2,1-3H3;6-7H,4H2,1-3H3;1-5H;2-3,5-6H,1,4,8H2;4H,1-3,5H2;1,3H;;;;/q;;;;;;;;;2*+1;-1/p-1/t23-,25+;2*17-,19+;;;;;;;;;/m000........./s1. The fraction of sp³-hybridized carbons (Fsp3) is 0.511. The van der Waals surface area contributed by atoms with Gasteiger partial charge < -0.3 is 57.3 Å². The van der Waals surface area contributed by atoms with Crippen LogP contribution in [0.5, 0.6) is 0 Å². The smallest absolute Gasteiger partial charge is 1.00 e. The number of amides is 1. The molecule has 23 nitrogen and oxygen atoms in total. The zero-order valence-corrected chi connectivity index (χ0v) is 88.5. The van der Waals surface area contributed by atoms with Crippen molar-refractivity contribution < 1.29 is 157 Å². The van der Waals surface area contributed by atoms with Gasteiger partial charge in [-0.3, -0.25) is 51.7 Å². The van der Waals surface area contributed by atoms with Crippen LogP contribution in [0.2, 0.25) is 20.1 Å². The van der Waals surface area contributed by atoms with E-state index < -0.39 is 61.1 Å². The van der Waals surface area contributed by atoms with Gasteiger partial charge in [-0.1, -0.05) is 150 Å². The molecule has 5 heterocycles. The molecule has 14 radical (unpaired) electrons. The van der Waals surface area contributed by atoms with Crippen molar-refractivity contribution in [2.24, 2.45) is 79.7 Å². The summed E-state index contributed by atoms with van der Waals surface area (Å²) in [5.41, 5.74) is 14.2. The molecular weight excluding hydrogens is 1790 g/mol. The Labute approximate surface area is 896 Å². The van der Waals surface area contributed by atoms with Crippen LogP contribution in [0.3, 0.4) is 0 Å². The molecule has 4 saturated carbocycles. The number of hydrogen-bond acceptors (Lipinski definition) is 22. The largest absolute Gasteiger partial charge is 1.00 e. The van der Waals surface area contributed by atoms with Crippen LogP contribution in [-0.2, 0) is 55.9 Å². The van der Waals surface area contributed by atoms with Crippen LogP contribution in [0.1, 0.15) is 190 Å². The van der Waals surface area contributed by atoms with Crippen LogP contribution in [0.15, 0.2) is 161 Å². The maximum atomic E-state index is 13.7. The molecule has 1 unspecified atom stereocenters. The minimum atomic E-state index is -1.14. The Morgan fingerprint density at radius 1 is 0.534 bits per heavy atom. The normalized spacial score (nSPS) is 19.2. The molecular formula is C90H120B11Cl4K2N12O11P. The number of nitrogens with one attached hydrogen (secondary N) is 1. The molecule has 674 valence electrons. The van der Waals surface area contributed by atoms with Gasteiger partial charge in [-0.15, -0.1) is 0 Å². The van der Waals surface area contributed by atoms with Gasteiger partial charge in [0, 0.05) is 137 Å². The number of esters is 3. The topological polar surface area (TPSA) is 323 Å². The summed E-state index contributed by atoms with van der Waals surface area (Å²) in [4.78, 5) is 100. The number of methoxy groups -OCH3 is 3. The average molecular weight is 1920 g/mol. The summed E-state index contributed by atoms with van der Waals surface area (Å²) in [6, 6.07) is 39.6. The van der Waals surface area contributed by atoms with Crippen molar-refractivity contribution in [3.05, 3.63) is 200 Å². The summed E-state index contributed by atoms with van der Waals surface area (Å²) in [6.45, 7) is 21.5. The van der Waals surface area contributed by atoms with Gasteiger partial charge in [0.1, 0.15) is 12.2 Å². The minimum absolute atomic E-state index is 0. The van der Waals surface area contributed by atoms with E-state index in [-0.39, 0.29) is 147 Å². The van der Waals surface area contributed by atoms with Gasteiger partial charge >= 0.3 is 121 Å². The number of benzene rings is 4. The fourth-order valence-corrected chi connectivity index (χ4v) is 17.2. The third-order valence-electron chi connectivity index (χ3n) is 21.8. The van der Waals surface area contributed by atoms with Gasteiger partial charge in [0.2, 0.25) is 0 Å². The van der Waals surface area contributed by atoms with Crippen LogP contribution < -0.4 is 125 Å². The van der Waals surface area contributed by atoms with Crippen LogP contribution in [0.4, 0.5) is 0 Å². The molecule has 41 heteroatoms. The molecule has 6 aromatic rings. The second kappa shape index (κ2) is 63.2. The molecule has 0 spiro atoms. The molecule has 0 saturated heterocycles. The molecule has 7 atom stereocenters. The summed E-state index contributed by atoms with van der Waals surface area (Å²) in [5, 5.41) is 22.9. The Balaban J connectivity index is 0.000000533. The van der Waals surface area contributed by atoms with E-state index in [4.69, 9.17) is 152 Å². The zero-order valence-electron chi connectivity index (χ0n) is 79.3. The SMILES string of the molecule is CC(C)C[C@@]1(C(=O)NCCc2ccncc2)N=CN(CC2CC2)[C@H]1c1ccc(Cl)cc1.COC(=O)C(C#N)CC(C)C.COC(=O)[C@]1(CC(C)C)N=CN(CC2CC2)[C@H]1c1ccc(Cl)cc1.COC(=O)[C@]1(CC(C)C)N=CN(CC2CC2)[C@H]1c1ccc(Cl)cc1.NCC1CC1.NCCc1ccncc1.O=CO[O-].O=Cc1ccc(Cl)cc1.[B]B([B])B([B])P(B([B])[B])B([B])[B].[H-].[K+].[K+]. The third kappa shape index (κ3) is 41.6. The Bertz CT molecular complexity index is 4360. The van der Waals surface area contributed by atoms with Crippen molar-refractivity contribution in [2.45, 2.75) is 180 Å². The number of carbonyl (C=O) groups is 6.